The van der Waals surface area contributed by atoms with E-state index in [2.05, 4.69) is 10.6 Å². The molecule has 0 atom stereocenters. The number of carbonyl (C=O) groups is 1. The summed E-state index contributed by atoms with van der Waals surface area (Å²) in [4.78, 5) is 12.6. The van der Waals surface area contributed by atoms with Gasteiger partial charge in [0.25, 0.3) is 5.91 Å². The number of ether oxygens (including phenoxy) is 1. The molecular formula is C22H22N2O2. The average molecular weight is 346 g/mol. The Morgan fingerprint density at radius 1 is 0.885 bits per heavy atom. The Bertz CT molecular complexity index is 846. The standard InChI is InChI=1S/C22H22N2O2/c1-26-19-13-11-17(12-14-19)15-16-23-22(25)20-9-5-6-10-21(20)24-18-7-3-2-4-8-18/h2-14,24H,15-16H2,1H3,(H,23,25). The van der Waals surface area contributed by atoms with Crippen molar-refractivity contribution in [2.75, 3.05) is 19.0 Å². The van der Waals surface area contributed by atoms with Gasteiger partial charge < -0.3 is 15.4 Å². The first-order valence-electron chi connectivity index (χ1n) is 8.58. The van der Waals surface area contributed by atoms with E-state index in [4.69, 9.17) is 4.74 Å². The van der Waals surface area contributed by atoms with E-state index in [0.717, 1.165) is 29.1 Å². The van der Waals surface area contributed by atoms with Gasteiger partial charge in [0, 0.05) is 12.2 Å². The zero-order valence-electron chi connectivity index (χ0n) is 14.7. The molecule has 0 unspecified atom stereocenters. The molecule has 0 aliphatic rings. The number of rotatable bonds is 7. The van der Waals surface area contributed by atoms with Gasteiger partial charge in [-0.25, -0.2) is 0 Å². The fourth-order valence-electron chi connectivity index (χ4n) is 2.67. The van der Waals surface area contributed by atoms with Crippen LogP contribution in [-0.2, 0) is 6.42 Å². The van der Waals surface area contributed by atoms with Crippen molar-refractivity contribution in [3.8, 4) is 5.75 Å². The summed E-state index contributed by atoms with van der Waals surface area (Å²) >= 11 is 0. The van der Waals surface area contributed by atoms with Gasteiger partial charge in [-0.3, -0.25) is 4.79 Å². The molecule has 4 nitrogen and oxygen atoms in total. The number of carbonyl (C=O) groups excluding carboxylic acids is 1. The molecule has 132 valence electrons. The lowest BCUT2D eigenvalue weighted by Crippen LogP contribution is -2.26. The number of methoxy groups -OCH3 is 1. The first-order valence-corrected chi connectivity index (χ1v) is 8.58. The summed E-state index contributed by atoms with van der Waals surface area (Å²) in [5, 5.41) is 6.29. The molecule has 0 saturated heterocycles. The lowest BCUT2D eigenvalue weighted by Gasteiger charge is -2.12. The van der Waals surface area contributed by atoms with Crippen molar-refractivity contribution in [2.45, 2.75) is 6.42 Å². The van der Waals surface area contributed by atoms with E-state index >= 15 is 0 Å². The van der Waals surface area contributed by atoms with Gasteiger partial charge >= 0.3 is 0 Å². The second-order valence-corrected chi connectivity index (χ2v) is 5.89. The molecule has 0 saturated carbocycles. The number of benzene rings is 3. The highest BCUT2D eigenvalue weighted by Gasteiger charge is 2.10. The quantitative estimate of drug-likeness (QED) is 0.666. The molecule has 26 heavy (non-hydrogen) atoms. The van der Waals surface area contributed by atoms with Crippen LogP contribution < -0.4 is 15.4 Å². The van der Waals surface area contributed by atoms with Gasteiger partial charge in [-0.2, -0.15) is 0 Å². The molecule has 0 aliphatic carbocycles. The molecule has 0 bridgehead atoms. The van der Waals surface area contributed by atoms with Crippen molar-refractivity contribution < 1.29 is 9.53 Å². The van der Waals surface area contributed by atoms with Crippen molar-refractivity contribution in [3.63, 3.8) is 0 Å². The summed E-state index contributed by atoms with van der Waals surface area (Å²) in [7, 11) is 1.65. The van der Waals surface area contributed by atoms with Crippen molar-refractivity contribution in [1.29, 1.82) is 0 Å². The van der Waals surface area contributed by atoms with Crippen LogP contribution in [0.1, 0.15) is 15.9 Å². The molecule has 0 fully saturated rings. The summed E-state index contributed by atoms with van der Waals surface area (Å²) < 4.78 is 5.16. The lowest BCUT2D eigenvalue weighted by molar-refractivity contribution is 0.0955. The van der Waals surface area contributed by atoms with Crippen LogP contribution in [0.4, 0.5) is 11.4 Å². The van der Waals surface area contributed by atoms with Gasteiger partial charge in [-0.05, 0) is 48.4 Å². The molecule has 0 aliphatic heterocycles. The molecule has 1 amide bonds. The number of nitrogens with one attached hydrogen (secondary N) is 2. The van der Waals surface area contributed by atoms with E-state index in [1.54, 1.807) is 7.11 Å². The summed E-state index contributed by atoms with van der Waals surface area (Å²) in [6.45, 7) is 0.574. The van der Waals surface area contributed by atoms with E-state index in [-0.39, 0.29) is 5.91 Å². The second kappa shape index (κ2) is 8.72. The second-order valence-electron chi connectivity index (χ2n) is 5.89. The van der Waals surface area contributed by atoms with Crippen LogP contribution in [0.15, 0.2) is 78.9 Å². The lowest BCUT2D eigenvalue weighted by atomic mass is 10.1. The summed E-state index contributed by atoms with van der Waals surface area (Å²) in [6, 6.07) is 25.2. The van der Waals surface area contributed by atoms with Gasteiger partial charge in [0.15, 0.2) is 0 Å². The summed E-state index contributed by atoms with van der Waals surface area (Å²) in [6.07, 6.45) is 0.768. The SMILES string of the molecule is COc1ccc(CCNC(=O)c2ccccc2Nc2ccccc2)cc1. The molecule has 3 aromatic carbocycles. The van der Waals surface area contributed by atoms with Gasteiger partial charge in [0.05, 0.1) is 18.4 Å². The minimum atomic E-state index is -0.0856. The Morgan fingerprint density at radius 2 is 1.58 bits per heavy atom. The molecular weight excluding hydrogens is 324 g/mol. The van der Waals surface area contributed by atoms with Gasteiger partial charge in [-0.15, -0.1) is 0 Å². The average Bonchev–Trinajstić information content (AvgIpc) is 2.69. The first kappa shape index (κ1) is 17.5. The molecule has 4 heteroatoms. The third kappa shape index (κ3) is 4.63. The molecule has 3 aromatic rings. The Hall–Kier alpha value is -3.27. The Balaban J connectivity index is 1.60. The molecule has 0 radical (unpaired) electrons. The summed E-state index contributed by atoms with van der Waals surface area (Å²) in [5.41, 5.74) is 3.53. The highest BCUT2D eigenvalue weighted by molar-refractivity contribution is 6.00. The van der Waals surface area contributed by atoms with E-state index in [9.17, 15) is 4.79 Å². The first-order chi connectivity index (χ1) is 12.8. The van der Waals surface area contributed by atoms with Crippen LogP contribution in [0.5, 0.6) is 5.75 Å². The van der Waals surface area contributed by atoms with Gasteiger partial charge in [0.1, 0.15) is 5.75 Å². The van der Waals surface area contributed by atoms with Crippen LogP contribution >= 0.6 is 0 Å². The molecule has 0 spiro atoms. The van der Waals surface area contributed by atoms with Crippen molar-refractivity contribution in [3.05, 3.63) is 90.0 Å². The molecule has 0 heterocycles. The van der Waals surface area contributed by atoms with Crippen LogP contribution in [0.3, 0.4) is 0 Å². The van der Waals surface area contributed by atoms with Crippen molar-refractivity contribution >= 4 is 17.3 Å². The third-order valence-corrected chi connectivity index (χ3v) is 4.08. The van der Waals surface area contributed by atoms with E-state index in [1.807, 2.05) is 78.9 Å². The Kier molecular flexibility index (Phi) is 5.88. The topological polar surface area (TPSA) is 50.4 Å². The minimum absolute atomic E-state index is 0.0856. The summed E-state index contributed by atoms with van der Waals surface area (Å²) in [5.74, 6) is 0.747. The molecule has 0 aromatic heterocycles. The largest absolute Gasteiger partial charge is 0.497 e. The van der Waals surface area contributed by atoms with Crippen LogP contribution in [0.25, 0.3) is 0 Å². The number of hydrogen-bond acceptors (Lipinski definition) is 3. The number of hydrogen-bond donors (Lipinski definition) is 2. The monoisotopic (exact) mass is 346 g/mol. The maximum absolute atomic E-state index is 12.6. The van der Waals surface area contributed by atoms with Crippen LogP contribution in [0.2, 0.25) is 0 Å². The highest BCUT2D eigenvalue weighted by atomic mass is 16.5. The van der Waals surface area contributed by atoms with Crippen LogP contribution in [-0.4, -0.2) is 19.6 Å². The zero-order chi connectivity index (χ0) is 18.2. The smallest absolute Gasteiger partial charge is 0.253 e. The van der Waals surface area contributed by atoms with Crippen LogP contribution in [0, 0.1) is 0 Å². The van der Waals surface area contributed by atoms with E-state index < -0.39 is 0 Å². The number of amides is 1. The van der Waals surface area contributed by atoms with Crippen molar-refractivity contribution in [2.24, 2.45) is 0 Å². The molecule has 2 N–H and O–H groups in total. The van der Waals surface area contributed by atoms with E-state index in [1.165, 1.54) is 0 Å². The highest BCUT2D eigenvalue weighted by Crippen LogP contribution is 2.20. The van der Waals surface area contributed by atoms with Crippen molar-refractivity contribution in [1.82, 2.24) is 5.32 Å². The Labute approximate surface area is 153 Å². The van der Waals surface area contributed by atoms with Gasteiger partial charge in [0.2, 0.25) is 0 Å². The minimum Gasteiger partial charge on any atom is -0.497 e. The Morgan fingerprint density at radius 3 is 2.31 bits per heavy atom. The maximum Gasteiger partial charge on any atom is 0.253 e. The third-order valence-electron chi connectivity index (χ3n) is 4.08. The fourth-order valence-corrected chi connectivity index (χ4v) is 2.67. The van der Waals surface area contributed by atoms with Gasteiger partial charge in [-0.1, -0.05) is 42.5 Å². The predicted octanol–water partition coefficient (Wildman–Crippen LogP) is 4.41. The van der Waals surface area contributed by atoms with E-state index in [0.29, 0.717) is 12.1 Å². The fraction of sp³-hybridized carbons (Fsp3) is 0.136. The zero-order valence-corrected chi connectivity index (χ0v) is 14.7. The molecule has 3 rings (SSSR count). The predicted molar refractivity (Wildman–Crippen MR) is 105 cm³/mol. The number of para-hydroxylation sites is 2. The number of anilines is 2. The maximum atomic E-state index is 12.6. The normalized spacial score (nSPS) is 10.2.